The molecule has 3 aromatic rings. The lowest BCUT2D eigenvalue weighted by Crippen LogP contribution is -2.51. The molecule has 2 aliphatic carbocycles. The van der Waals surface area contributed by atoms with Crippen molar-refractivity contribution in [2.24, 2.45) is 0 Å². The number of fused-ring (bicyclic) bond motifs is 1. The number of nitrogens with zero attached hydrogens (tertiary/aromatic N) is 4. The molecule has 0 radical (unpaired) electrons. The Labute approximate surface area is 189 Å². The fourth-order valence-electron chi connectivity index (χ4n) is 4.32. The lowest BCUT2D eigenvalue weighted by molar-refractivity contribution is 0.00732. The number of aromatic nitrogens is 4. The summed E-state index contributed by atoms with van der Waals surface area (Å²) < 4.78 is 8.46. The Balaban J connectivity index is 1.46. The van der Waals surface area contributed by atoms with Gasteiger partial charge in [0.15, 0.2) is 5.65 Å². The molecular formula is C22H27N7O4. The van der Waals surface area contributed by atoms with Gasteiger partial charge in [0.25, 0.3) is 11.5 Å². The fourth-order valence-corrected chi connectivity index (χ4v) is 4.32. The summed E-state index contributed by atoms with van der Waals surface area (Å²) in [6.07, 6.45) is 5.90. The van der Waals surface area contributed by atoms with Gasteiger partial charge in [0.05, 0.1) is 30.5 Å². The van der Waals surface area contributed by atoms with Gasteiger partial charge in [0.1, 0.15) is 22.9 Å². The van der Waals surface area contributed by atoms with Crippen molar-refractivity contribution >= 4 is 28.9 Å². The first-order valence-electron chi connectivity index (χ1n) is 11.1. The van der Waals surface area contributed by atoms with Crippen LogP contribution in [0.2, 0.25) is 0 Å². The van der Waals surface area contributed by atoms with E-state index in [-0.39, 0.29) is 29.7 Å². The first-order chi connectivity index (χ1) is 16.0. The van der Waals surface area contributed by atoms with E-state index in [0.717, 1.165) is 19.3 Å². The summed E-state index contributed by atoms with van der Waals surface area (Å²) >= 11 is 0. The van der Waals surface area contributed by atoms with Crippen LogP contribution < -0.4 is 21.5 Å². The molecule has 5 rings (SSSR count). The molecule has 11 nitrogen and oxygen atoms in total. The Hall–Kier alpha value is -3.44. The minimum atomic E-state index is -0.510. The van der Waals surface area contributed by atoms with E-state index in [1.165, 1.54) is 6.20 Å². The largest absolute Gasteiger partial charge is 0.391 e. The Kier molecular flexibility index (Phi) is 5.51. The van der Waals surface area contributed by atoms with Gasteiger partial charge in [-0.2, -0.15) is 9.61 Å². The molecule has 0 saturated heterocycles. The average Bonchev–Trinajstić information content (AvgIpc) is 3.22. The van der Waals surface area contributed by atoms with E-state index < -0.39 is 6.10 Å². The predicted octanol–water partition coefficient (Wildman–Crippen LogP) is 1.28. The number of methoxy groups -OCH3 is 1. The van der Waals surface area contributed by atoms with Crippen molar-refractivity contribution in [3.05, 3.63) is 46.5 Å². The van der Waals surface area contributed by atoms with Gasteiger partial charge in [-0.25, -0.2) is 4.98 Å². The second-order valence-corrected chi connectivity index (χ2v) is 8.47. The minimum absolute atomic E-state index is 0.0169. The highest BCUT2D eigenvalue weighted by molar-refractivity contribution is 6.00. The molecule has 0 bridgehead atoms. The minimum Gasteiger partial charge on any atom is -0.391 e. The number of hydrogen-bond acceptors (Lipinski definition) is 8. The van der Waals surface area contributed by atoms with Crippen molar-refractivity contribution in [2.45, 2.75) is 50.0 Å². The van der Waals surface area contributed by atoms with Gasteiger partial charge in [-0.05, 0) is 37.8 Å². The van der Waals surface area contributed by atoms with Crippen LogP contribution in [0.25, 0.3) is 5.65 Å². The van der Waals surface area contributed by atoms with Crippen molar-refractivity contribution in [1.82, 2.24) is 24.5 Å². The Morgan fingerprint density at radius 1 is 1.27 bits per heavy atom. The number of pyridine rings is 1. The van der Waals surface area contributed by atoms with Gasteiger partial charge in [-0.3, -0.25) is 9.59 Å². The summed E-state index contributed by atoms with van der Waals surface area (Å²) in [5, 5.41) is 23.4. The topological polar surface area (TPSA) is 135 Å². The second-order valence-electron chi connectivity index (χ2n) is 8.47. The van der Waals surface area contributed by atoms with E-state index in [1.54, 1.807) is 47.6 Å². The summed E-state index contributed by atoms with van der Waals surface area (Å²) in [5.41, 5.74) is 0.787. The van der Waals surface area contributed by atoms with Gasteiger partial charge < -0.3 is 30.4 Å². The normalized spacial score (nSPS) is 24.1. The van der Waals surface area contributed by atoms with Gasteiger partial charge in [0, 0.05) is 26.4 Å². The van der Waals surface area contributed by atoms with E-state index >= 15 is 0 Å². The average molecular weight is 454 g/mol. The van der Waals surface area contributed by atoms with Crippen LogP contribution in [0.4, 0.5) is 17.3 Å². The lowest BCUT2D eigenvalue weighted by Gasteiger charge is -2.35. The third-order valence-electron chi connectivity index (χ3n) is 6.60. The molecule has 174 valence electrons. The summed E-state index contributed by atoms with van der Waals surface area (Å²) in [7, 11) is 3.38. The maximum Gasteiger partial charge on any atom is 0.274 e. The zero-order valence-corrected chi connectivity index (χ0v) is 18.5. The molecule has 1 amide bonds. The van der Waals surface area contributed by atoms with Crippen molar-refractivity contribution in [3.63, 3.8) is 0 Å². The Bertz CT molecular complexity index is 1250. The molecular weight excluding hydrogens is 426 g/mol. The number of amides is 1. The number of aliphatic hydroxyl groups excluding tert-OH is 1. The predicted molar refractivity (Wildman–Crippen MR) is 122 cm³/mol. The Morgan fingerprint density at radius 3 is 2.76 bits per heavy atom. The number of hydrogen-bond donors (Lipinski definition) is 4. The van der Waals surface area contributed by atoms with Crippen LogP contribution in [-0.2, 0) is 4.74 Å². The van der Waals surface area contributed by atoms with Crippen LogP contribution in [0.5, 0.6) is 0 Å². The lowest BCUT2D eigenvalue weighted by atomic mass is 9.89. The molecule has 3 heterocycles. The van der Waals surface area contributed by atoms with E-state index in [0.29, 0.717) is 35.0 Å². The first-order valence-corrected chi connectivity index (χ1v) is 11.1. The molecule has 4 atom stereocenters. The quantitative estimate of drug-likeness (QED) is 0.420. The Morgan fingerprint density at radius 2 is 2.12 bits per heavy atom. The van der Waals surface area contributed by atoms with Crippen LogP contribution in [0, 0.1) is 0 Å². The number of anilines is 3. The molecule has 2 aliphatic rings. The first kappa shape index (κ1) is 21.4. The van der Waals surface area contributed by atoms with Gasteiger partial charge in [-0.1, -0.05) is 0 Å². The van der Waals surface area contributed by atoms with Crippen molar-refractivity contribution < 1.29 is 14.6 Å². The van der Waals surface area contributed by atoms with E-state index in [4.69, 9.17) is 4.74 Å². The van der Waals surface area contributed by atoms with Crippen LogP contribution in [0.15, 0.2) is 35.4 Å². The second kappa shape index (κ2) is 8.49. The number of ether oxygens (including phenoxy) is 1. The maximum absolute atomic E-state index is 13.0. The van der Waals surface area contributed by atoms with E-state index in [9.17, 15) is 14.7 Å². The number of nitrogens with one attached hydrogen (secondary N) is 3. The van der Waals surface area contributed by atoms with Crippen molar-refractivity contribution in [3.8, 4) is 0 Å². The number of carbonyl (C=O) groups is 1. The molecule has 4 N–H and O–H groups in total. The molecule has 2 fully saturated rings. The monoisotopic (exact) mass is 453 g/mol. The van der Waals surface area contributed by atoms with Gasteiger partial charge >= 0.3 is 0 Å². The van der Waals surface area contributed by atoms with E-state index in [2.05, 4.69) is 26.0 Å². The zero-order valence-electron chi connectivity index (χ0n) is 18.5. The third-order valence-corrected chi connectivity index (χ3v) is 6.60. The molecule has 2 saturated carbocycles. The summed E-state index contributed by atoms with van der Waals surface area (Å²) in [5.74, 6) is 0.721. The number of rotatable bonds is 7. The van der Waals surface area contributed by atoms with Gasteiger partial charge in [0.2, 0.25) is 0 Å². The molecule has 11 heteroatoms. The van der Waals surface area contributed by atoms with Crippen LogP contribution >= 0.6 is 0 Å². The SMILES string of the molecule is CNc1cc(Nc2cccn([C@@H]3CC[C@H]3O)c2=O)nc2c(C(=O)N[C@@H]3CC[C@H]3OC)cnn12. The van der Waals surface area contributed by atoms with Crippen LogP contribution in [0.1, 0.15) is 42.1 Å². The van der Waals surface area contributed by atoms with E-state index in [1.807, 2.05) is 0 Å². The highest BCUT2D eigenvalue weighted by Crippen LogP contribution is 2.31. The molecule has 33 heavy (non-hydrogen) atoms. The van der Waals surface area contributed by atoms with Gasteiger partial charge in [-0.15, -0.1) is 0 Å². The highest BCUT2D eigenvalue weighted by atomic mass is 16.5. The van der Waals surface area contributed by atoms with Crippen LogP contribution in [0.3, 0.4) is 0 Å². The zero-order chi connectivity index (χ0) is 23.1. The maximum atomic E-state index is 13.0. The molecule has 0 aromatic carbocycles. The van der Waals surface area contributed by atoms with Crippen molar-refractivity contribution in [2.75, 3.05) is 24.8 Å². The smallest absolute Gasteiger partial charge is 0.274 e. The standard InChI is InChI=1S/C22H27N7O4/c1-23-19-10-18(25-14-4-3-9-28(22(14)32)15-6-7-16(15)30)27-20-12(11-24-29(19)20)21(31)26-13-5-8-17(13)33-2/h3-4,9-11,13,15-17,23,30H,5-8H2,1-2H3,(H,25,27)(H,26,31)/t13-,15-,16-,17-/m1/s1. The highest BCUT2D eigenvalue weighted by Gasteiger charge is 2.33. The fraction of sp³-hybridized carbons (Fsp3) is 0.455. The number of aliphatic hydroxyl groups is 1. The van der Waals surface area contributed by atoms with Crippen molar-refractivity contribution in [1.29, 1.82) is 0 Å². The molecule has 0 unspecified atom stereocenters. The summed E-state index contributed by atoms with van der Waals surface area (Å²) in [6, 6.07) is 4.89. The molecule has 3 aromatic heterocycles. The molecule has 0 spiro atoms. The molecule has 0 aliphatic heterocycles. The number of carbonyl (C=O) groups excluding carboxylic acids is 1. The third kappa shape index (κ3) is 3.72. The summed E-state index contributed by atoms with van der Waals surface area (Å²) in [6.45, 7) is 0. The van der Waals surface area contributed by atoms with Crippen LogP contribution in [-0.4, -0.2) is 62.6 Å². The summed E-state index contributed by atoms with van der Waals surface area (Å²) in [4.78, 5) is 30.5.